The molecule has 0 bridgehead atoms. The van der Waals surface area contributed by atoms with Crippen molar-refractivity contribution in [1.82, 2.24) is 4.98 Å². The molecule has 0 spiro atoms. The van der Waals surface area contributed by atoms with E-state index in [9.17, 15) is 0 Å². The molecule has 3 nitrogen and oxygen atoms in total. The first-order valence-corrected chi connectivity index (χ1v) is 6.31. The smallest absolute Gasteiger partial charge is 0.144 e. The van der Waals surface area contributed by atoms with Crippen LogP contribution in [0.2, 0.25) is 0 Å². The first kappa shape index (κ1) is 11.6. The van der Waals surface area contributed by atoms with Crippen LogP contribution in [0.5, 0.6) is 0 Å². The molecule has 1 unspecified atom stereocenters. The van der Waals surface area contributed by atoms with E-state index in [1.807, 2.05) is 6.07 Å². The highest BCUT2D eigenvalue weighted by molar-refractivity contribution is 7.09. The van der Waals surface area contributed by atoms with E-state index in [-0.39, 0.29) is 6.04 Å². The lowest BCUT2D eigenvalue weighted by atomic mass is 10.2. The van der Waals surface area contributed by atoms with Gasteiger partial charge in [0.15, 0.2) is 0 Å². The summed E-state index contributed by atoms with van der Waals surface area (Å²) in [7, 11) is 0. The van der Waals surface area contributed by atoms with E-state index < -0.39 is 0 Å². The number of rotatable bonds is 4. The molecule has 1 atom stereocenters. The van der Waals surface area contributed by atoms with E-state index >= 15 is 0 Å². The van der Waals surface area contributed by atoms with Gasteiger partial charge in [-0.2, -0.15) is 5.26 Å². The monoisotopic (exact) mass is 243 g/mol. The Labute approximate surface area is 105 Å². The Morgan fingerprint density at radius 1 is 1.47 bits per heavy atom. The number of thiophene rings is 1. The van der Waals surface area contributed by atoms with Crippen LogP contribution in [0.3, 0.4) is 0 Å². The van der Waals surface area contributed by atoms with Crippen molar-refractivity contribution in [2.75, 3.05) is 5.32 Å². The summed E-state index contributed by atoms with van der Waals surface area (Å²) in [5.74, 6) is 0.666. The maximum atomic E-state index is 8.96. The van der Waals surface area contributed by atoms with Crippen molar-refractivity contribution in [2.24, 2.45) is 0 Å². The van der Waals surface area contributed by atoms with Crippen molar-refractivity contribution in [3.8, 4) is 6.07 Å². The molecule has 0 aliphatic rings. The molecule has 86 valence electrons. The van der Waals surface area contributed by atoms with Gasteiger partial charge in [-0.1, -0.05) is 6.07 Å². The number of aromatic nitrogens is 1. The average Bonchev–Trinajstić information content (AvgIpc) is 2.82. The maximum absolute atomic E-state index is 8.96. The Bertz CT molecular complexity index is 514. The van der Waals surface area contributed by atoms with Crippen molar-refractivity contribution in [2.45, 2.75) is 19.4 Å². The first-order valence-electron chi connectivity index (χ1n) is 5.43. The number of nitrogens with zero attached hydrogens (tertiary/aromatic N) is 2. The standard InChI is InChI=1S/C13H13N3S/c1-10(8-12-5-3-7-17-12)16-13-11(9-14)4-2-6-15-13/h2-7,10H,8H2,1H3,(H,15,16). The zero-order valence-corrected chi connectivity index (χ0v) is 10.4. The Kier molecular flexibility index (Phi) is 3.73. The molecule has 0 aromatic carbocycles. The van der Waals surface area contributed by atoms with Gasteiger partial charge >= 0.3 is 0 Å². The highest BCUT2D eigenvalue weighted by Crippen LogP contribution is 2.15. The molecule has 2 aromatic rings. The zero-order valence-electron chi connectivity index (χ0n) is 9.55. The summed E-state index contributed by atoms with van der Waals surface area (Å²) in [5, 5.41) is 14.3. The topological polar surface area (TPSA) is 48.7 Å². The van der Waals surface area contributed by atoms with Crippen LogP contribution >= 0.6 is 11.3 Å². The molecule has 2 aromatic heterocycles. The van der Waals surface area contributed by atoms with Gasteiger partial charge in [0, 0.05) is 23.5 Å². The van der Waals surface area contributed by atoms with Gasteiger partial charge in [0.05, 0.1) is 5.56 Å². The normalized spacial score (nSPS) is 11.8. The van der Waals surface area contributed by atoms with Crippen LogP contribution in [-0.2, 0) is 6.42 Å². The minimum absolute atomic E-state index is 0.260. The Hall–Kier alpha value is -1.86. The Balaban J connectivity index is 2.03. The number of anilines is 1. The highest BCUT2D eigenvalue weighted by Gasteiger charge is 2.08. The zero-order chi connectivity index (χ0) is 12.1. The van der Waals surface area contributed by atoms with Gasteiger partial charge in [0.1, 0.15) is 11.9 Å². The maximum Gasteiger partial charge on any atom is 0.144 e. The fourth-order valence-electron chi connectivity index (χ4n) is 1.63. The third-order valence-corrected chi connectivity index (χ3v) is 3.30. The summed E-state index contributed by atoms with van der Waals surface area (Å²) in [6.07, 6.45) is 2.64. The molecule has 1 N–H and O–H groups in total. The largest absolute Gasteiger partial charge is 0.366 e. The van der Waals surface area contributed by atoms with Gasteiger partial charge in [0.2, 0.25) is 0 Å². The molecular weight excluding hydrogens is 230 g/mol. The predicted octanol–water partition coefficient (Wildman–Crippen LogP) is 3.06. The lowest BCUT2D eigenvalue weighted by Crippen LogP contribution is -2.19. The number of hydrogen-bond acceptors (Lipinski definition) is 4. The van der Waals surface area contributed by atoms with Crippen LogP contribution in [0.25, 0.3) is 0 Å². The van der Waals surface area contributed by atoms with Gasteiger partial charge in [0.25, 0.3) is 0 Å². The lowest BCUT2D eigenvalue weighted by Gasteiger charge is -2.14. The summed E-state index contributed by atoms with van der Waals surface area (Å²) in [4.78, 5) is 5.52. The number of nitriles is 1. The van der Waals surface area contributed by atoms with Crippen LogP contribution in [0.4, 0.5) is 5.82 Å². The van der Waals surface area contributed by atoms with Crippen molar-refractivity contribution in [3.05, 3.63) is 46.3 Å². The first-order chi connectivity index (χ1) is 8.29. The van der Waals surface area contributed by atoms with Crippen LogP contribution in [-0.4, -0.2) is 11.0 Å². The SMILES string of the molecule is CC(Cc1cccs1)Nc1ncccc1C#N. The third kappa shape index (κ3) is 3.05. The van der Waals surface area contributed by atoms with E-state index in [1.165, 1.54) is 4.88 Å². The molecule has 0 radical (unpaired) electrons. The number of hydrogen-bond donors (Lipinski definition) is 1. The molecule has 0 aliphatic carbocycles. The molecule has 17 heavy (non-hydrogen) atoms. The average molecular weight is 243 g/mol. The van der Waals surface area contributed by atoms with Gasteiger partial charge in [-0.3, -0.25) is 0 Å². The van der Waals surface area contributed by atoms with Crippen LogP contribution in [0, 0.1) is 11.3 Å². The molecule has 2 heterocycles. The van der Waals surface area contributed by atoms with Gasteiger partial charge in [-0.15, -0.1) is 11.3 Å². The summed E-state index contributed by atoms with van der Waals surface area (Å²) in [6, 6.07) is 10.1. The number of pyridine rings is 1. The van der Waals surface area contributed by atoms with Crippen molar-refractivity contribution >= 4 is 17.2 Å². The van der Waals surface area contributed by atoms with Crippen molar-refractivity contribution in [3.63, 3.8) is 0 Å². The van der Waals surface area contributed by atoms with E-state index in [0.717, 1.165) is 6.42 Å². The quantitative estimate of drug-likeness (QED) is 0.897. The molecule has 4 heteroatoms. The van der Waals surface area contributed by atoms with Crippen LogP contribution in [0.15, 0.2) is 35.8 Å². The Morgan fingerprint density at radius 3 is 3.06 bits per heavy atom. The van der Waals surface area contributed by atoms with Gasteiger partial charge in [-0.05, 0) is 30.5 Å². The van der Waals surface area contributed by atoms with E-state index in [1.54, 1.807) is 29.7 Å². The molecular formula is C13H13N3S. The van der Waals surface area contributed by atoms with Gasteiger partial charge < -0.3 is 5.32 Å². The second-order valence-corrected chi connectivity index (χ2v) is 4.87. The minimum atomic E-state index is 0.260. The fourth-order valence-corrected chi connectivity index (χ4v) is 2.46. The van der Waals surface area contributed by atoms with Gasteiger partial charge in [-0.25, -0.2) is 4.98 Å². The molecule has 0 fully saturated rings. The second-order valence-electron chi connectivity index (χ2n) is 3.84. The Morgan fingerprint density at radius 2 is 2.35 bits per heavy atom. The van der Waals surface area contributed by atoms with Crippen LogP contribution < -0.4 is 5.32 Å². The summed E-state index contributed by atoms with van der Waals surface area (Å²) >= 11 is 1.75. The lowest BCUT2D eigenvalue weighted by molar-refractivity contribution is 0.794. The van der Waals surface area contributed by atoms with E-state index in [0.29, 0.717) is 11.4 Å². The fraction of sp³-hybridized carbons (Fsp3) is 0.231. The summed E-state index contributed by atoms with van der Waals surface area (Å²) in [6.45, 7) is 2.09. The van der Waals surface area contributed by atoms with Crippen molar-refractivity contribution in [1.29, 1.82) is 5.26 Å². The molecule has 0 saturated carbocycles. The molecule has 2 rings (SSSR count). The highest BCUT2D eigenvalue weighted by atomic mass is 32.1. The van der Waals surface area contributed by atoms with Crippen molar-refractivity contribution < 1.29 is 0 Å². The van der Waals surface area contributed by atoms with Crippen LogP contribution in [0.1, 0.15) is 17.4 Å². The van der Waals surface area contributed by atoms with E-state index in [4.69, 9.17) is 5.26 Å². The third-order valence-electron chi connectivity index (χ3n) is 2.40. The second kappa shape index (κ2) is 5.46. The molecule has 0 amide bonds. The number of nitrogens with one attached hydrogen (secondary N) is 1. The van der Waals surface area contributed by atoms with E-state index in [2.05, 4.69) is 34.7 Å². The minimum Gasteiger partial charge on any atom is -0.366 e. The molecule has 0 saturated heterocycles. The summed E-state index contributed by atoms with van der Waals surface area (Å²) in [5.41, 5.74) is 0.588. The predicted molar refractivity (Wildman–Crippen MR) is 70.1 cm³/mol. The molecule has 0 aliphatic heterocycles. The summed E-state index contributed by atoms with van der Waals surface area (Å²) < 4.78 is 0.